The highest BCUT2D eigenvalue weighted by Gasteiger charge is 2.57. The molecule has 4 nitrogen and oxygen atoms in total. The van der Waals surface area contributed by atoms with E-state index in [4.69, 9.17) is 0 Å². The number of rotatable bonds is 3. The lowest BCUT2D eigenvalue weighted by atomic mass is 9.71. The largest absolute Gasteiger partial charge is 0.375 e. The van der Waals surface area contributed by atoms with Crippen LogP contribution in [-0.2, 0) is 16.8 Å². The Morgan fingerprint density at radius 1 is 1.27 bits per heavy atom. The second kappa shape index (κ2) is 6.18. The van der Waals surface area contributed by atoms with Gasteiger partial charge >= 0.3 is 0 Å². The summed E-state index contributed by atoms with van der Waals surface area (Å²) < 4.78 is 0.756. The molecule has 1 aliphatic heterocycles. The smallest absolute Gasteiger partial charge is 0.264 e. The first kappa shape index (κ1) is 17.2. The lowest BCUT2D eigenvalue weighted by molar-refractivity contribution is -0.140. The number of ketones is 1. The quantitative estimate of drug-likeness (QED) is 0.784. The number of carbonyl (C=O) groups is 2. The molecule has 26 heavy (non-hydrogen) atoms. The molecule has 2 aromatic rings. The number of nitrogens with zero attached hydrogens (tertiary/aromatic N) is 1. The summed E-state index contributed by atoms with van der Waals surface area (Å²) >= 11 is 3.41. The Balaban J connectivity index is 1.86. The number of aryl methyl sites for hydroxylation is 1. The van der Waals surface area contributed by atoms with E-state index in [0.29, 0.717) is 29.7 Å². The molecule has 2 aliphatic rings. The standard InChI is InChI=1S/C21H18BrNO3/c1-2-11-23-18-10-8-14(22)12-17(18)21(26,20(23)25)16-9-7-13-5-3-4-6-15(13)19(16)24/h2-6,8,10,12,16,26H,1,7,9,11H2/t16-,21+/m1/s1. The molecule has 1 amide bonds. The molecule has 0 aromatic heterocycles. The zero-order valence-corrected chi connectivity index (χ0v) is 15.7. The first-order valence-electron chi connectivity index (χ1n) is 8.56. The highest BCUT2D eigenvalue weighted by Crippen LogP contribution is 2.49. The Labute approximate surface area is 160 Å². The van der Waals surface area contributed by atoms with Gasteiger partial charge in [-0.1, -0.05) is 46.3 Å². The molecular formula is C21H18BrNO3. The average molecular weight is 412 g/mol. The molecule has 4 rings (SSSR count). The SMILES string of the molecule is C=CCN1C(=O)[C@](O)([C@@H]2CCc3ccccc3C2=O)c2cc(Br)ccc21. The maximum absolute atomic E-state index is 13.2. The summed E-state index contributed by atoms with van der Waals surface area (Å²) in [7, 11) is 0. The highest BCUT2D eigenvalue weighted by atomic mass is 79.9. The van der Waals surface area contributed by atoms with Crippen molar-refractivity contribution in [3.05, 3.63) is 76.3 Å². The minimum Gasteiger partial charge on any atom is -0.375 e. The van der Waals surface area contributed by atoms with Crippen molar-refractivity contribution < 1.29 is 14.7 Å². The van der Waals surface area contributed by atoms with E-state index in [9.17, 15) is 14.7 Å². The number of amides is 1. The second-order valence-corrected chi connectivity index (χ2v) is 7.66. The van der Waals surface area contributed by atoms with Gasteiger partial charge in [-0.3, -0.25) is 9.59 Å². The molecule has 0 spiro atoms. The van der Waals surface area contributed by atoms with Crippen LogP contribution >= 0.6 is 15.9 Å². The molecule has 1 aliphatic carbocycles. The predicted octanol–water partition coefficient (Wildman–Crippen LogP) is 3.61. The van der Waals surface area contributed by atoms with Gasteiger partial charge in [-0.05, 0) is 36.6 Å². The fraction of sp³-hybridized carbons (Fsp3) is 0.238. The normalized spacial score (nSPS) is 24.4. The lowest BCUT2D eigenvalue weighted by Gasteiger charge is -2.34. The van der Waals surface area contributed by atoms with E-state index in [1.54, 1.807) is 24.3 Å². The molecule has 1 N–H and O–H groups in total. The van der Waals surface area contributed by atoms with E-state index in [2.05, 4.69) is 22.5 Å². The van der Waals surface area contributed by atoms with Crippen LogP contribution in [0.5, 0.6) is 0 Å². The number of halogens is 1. The molecule has 1 heterocycles. The summed E-state index contributed by atoms with van der Waals surface area (Å²) in [6, 6.07) is 12.8. The van der Waals surface area contributed by atoms with Crippen LogP contribution in [0.3, 0.4) is 0 Å². The number of benzene rings is 2. The zero-order chi connectivity index (χ0) is 18.5. The van der Waals surface area contributed by atoms with Gasteiger partial charge in [0.25, 0.3) is 5.91 Å². The highest BCUT2D eigenvalue weighted by molar-refractivity contribution is 9.10. The number of aliphatic hydroxyl groups is 1. The Kier molecular flexibility index (Phi) is 4.09. The average Bonchev–Trinajstić information content (AvgIpc) is 2.85. The van der Waals surface area contributed by atoms with Crippen LogP contribution in [0.4, 0.5) is 5.69 Å². The number of carbonyl (C=O) groups excluding carboxylic acids is 2. The van der Waals surface area contributed by atoms with Crippen LogP contribution < -0.4 is 4.90 Å². The van der Waals surface area contributed by atoms with Crippen LogP contribution in [0.25, 0.3) is 0 Å². The Morgan fingerprint density at radius 2 is 2.04 bits per heavy atom. The monoisotopic (exact) mass is 411 g/mol. The number of hydrogen-bond acceptors (Lipinski definition) is 3. The minimum atomic E-state index is -1.85. The molecule has 0 fully saturated rings. The van der Waals surface area contributed by atoms with E-state index in [0.717, 1.165) is 10.0 Å². The number of fused-ring (bicyclic) bond motifs is 2. The van der Waals surface area contributed by atoms with E-state index in [1.807, 2.05) is 24.3 Å². The number of anilines is 1. The predicted molar refractivity (Wildman–Crippen MR) is 103 cm³/mol. The number of hydrogen-bond donors (Lipinski definition) is 1. The fourth-order valence-corrected chi connectivity index (χ4v) is 4.48. The third-order valence-electron chi connectivity index (χ3n) is 5.35. The molecule has 0 saturated carbocycles. The van der Waals surface area contributed by atoms with E-state index < -0.39 is 17.4 Å². The van der Waals surface area contributed by atoms with Gasteiger partial charge in [0.15, 0.2) is 11.4 Å². The van der Waals surface area contributed by atoms with Crippen LogP contribution in [-0.4, -0.2) is 23.3 Å². The summed E-state index contributed by atoms with van der Waals surface area (Å²) in [5.74, 6) is -1.43. The molecular weight excluding hydrogens is 394 g/mol. The first-order chi connectivity index (χ1) is 12.5. The van der Waals surface area contributed by atoms with Gasteiger partial charge in [0, 0.05) is 22.1 Å². The van der Waals surface area contributed by atoms with Gasteiger partial charge in [-0.2, -0.15) is 0 Å². The Morgan fingerprint density at radius 3 is 2.81 bits per heavy atom. The van der Waals surface area contributed by atoms with E-state index in [1.165, 1.54) is 4.90 Å². The van der Waals surface area contributed by atoms with Crippen molar-refractivity contribution in [2.45, 2.75) is 18.4 Å². The topological polar surface area (TPSA) is 57.6 Å². The van der Waals surface area contributed by atoms with E-state index >= 15 is 0 Å². The van der Waals surface area contributed by atoms with Crippen molar-refractivity contribution in [3.8, 4) is 0 Å². The van der Waals surface area contributed by atoms with Crippen molar-refractivity contribution >= 4 is 33.3 Å². The summed E-state index contributed by atoms with van der Waals surface area (Å²) in [5.41, 5.74) is 0.833. The maximum atomic E-state index is 13.2. The van der Waals surface area contributed by atoms with Crippen molar-refractivity contribution in [1.82, 2.24) is 0 Å². The number of Topliss-reactive ketones (excluding diaryl/α,β-unsaturated/α-hetero) is 1. The maximum Gasteiger partial charge on any atom is 0.264 e. The minimum absolute atomic E-state index is 0.172. The van der Waals surface area contributed by atoms with Gasteiger partial charge < -0.3 is 10.0 Å². The molecule has 2 aromatic carbocycles. The fourth-order valence-electron chi connectivity index (χ4n) is 4.12. The van der Waals surface area contributed by atoms with Crippen molar-refractivity contribution in [2.75, 3.05) is 11.4 Å². The Hall–Kier alpha value is -2.24. The van der Waals surface area contributed by atoms with Crippen molar-refractivity contribution in [3.63, 3.8) is 0 Å². The lowest BCUT2D eigenvalue weighted by Crippen LogP contribution is -2.49. The summed E-state index contributed by atoms with van der Waals surface area (Å²) in [4.78, 5) is 27.9. The Bertz CT molecular complexity index is 939. The molecule has 0 unspecified atom stereocenters. The summed E-state index contributed by atoms with van der Waals surface area (Å²) in [5, 5.41) is 11.6. The molecule has 5 heteroatoms. The third kappa shape index (κ3) is 2.31. The molecule has 0 saturated heterocycles. The van der Waals surface area contributed by atoms with Crippen LogP contribution in [0, 0.1) is 5.92 Å². The van der Waals surface area contributed by atoms with Gasteiger partial charge in [0.1, 0.15) is 0 Å². The van der Waals surface area contributed by atoms with Crippen molar-refractivity contribution in [2.24, 2.45) is 5.92 Å². The van der Waals surface area contributed by atoms with Gasteiger partial charge in [-0.25, -0.2) is 0 Å². The first-order valence-corrected chi connectivity index (χ1v) is 9.35. The zero-order valence-electron chi connectivity index (χ0n) is 14.1. The molecule has 2 atom stereocenters. The second-order valence-electron chi connectivity index (χ2n) is 6.74. The third-order valence-corrected chi connectivity index (χ3v) is 5.84. The van der Waals surface area contributed by atoms with Gasteiger partial charge in [-0.15, -0.1) is 6.58 Å². The summed E-state index contributed by atoms with van der Waals surface area (Å²) in [6.07, 6.45) is 2.71. The van der Waals surface area contributed by atoms with Crippen LogP contribution in [0.2, 0.25) is 0 Å². The van der Waals surface area contributed by atoms with Crippen LogP contribution in [0.15, 0.2) is 59.6 Å². The van der Waals surface area contributed by atoms with Crippen molar-refractivity contribution in [1.29, 1.82) is 0 Å². The van der Waals surface area contributed by atoms with Gasteiger partial charge in [0.05, 0.1) is 11.6 Å². The molecule has 132 valence electrons. The summed E-state index contributed by atoms with van der Waals surface area (Å²) in [6.45, 7) is 3.99. The van der Waals surface area contributed by atoms with Gasteiger partial charge in [0.2, 0.25) is 0 Å². The van der Waals surface area contributed by atoms with E-state index in [-0.39, 0.29) is 12.3 Å². The molecule has 0 radical (unpaired) electrons. The molecule has 0 bridgehead atoms. The van der Waals surface area contributed by atoms with Crippen LogP contribution in [0.1, 0.15) is 27.9 Å².